The van der Waals surface area contributed by atoms with Crippen molar-refractivity contribution in [1.29, 1.82) is 0 Å². The maximum Gasteiger partial charge on any atom is 0.410 e. The molecule has 8 heteroatoms. The quantitative estimate of drug-likeness (QED) is 0.348. The Kier molecular flexibility index (Phi) is 10.7. The number of aliphatic imine (C=N–C) groups is 1. The predicted molar refractivity (Wildman–Crippen MR) is 125 cm³/mol. The van der Waals surface area contributed by atoms with Crippen molar-refractivity contribution in [2.24, 2.45) is 10.9 Å². The second kappa shape index (κ2) is 12.2. The summed E-state index contributed by atoms with van der Waals surface area (Å²) in [6, 6.07) is 6.39. The van der Waals surface area contributed by atoms with Gasteiger partial charge in [-0.05, 0) is 64.2 Å². The van der Waals surface area contributed by atoms with Crippen molar-refractivity contribution in [3.05, 3.63) is 35.6 Å². The van der Waals surface area contributed by atoms with Gasteiger partial charge in [0.25, 0.3) is 0 Å². The third kappa shape index (κ3) is 9.64. The number of hydrogen-bond acceptors (Lipinski definition) is 3. The first-order valence-corrected chi connectivity index (χ1v) is 10.0. The number of carbonyl (C=O) groups is 1. The van der Waals surface area contributed by atoms with Crippen LogP contribution in [0.5, 0.6) is 0 Å². The zero-order valence-electron chi connectivity index (χ0n) is 17.8. The van der Waals surface area contributed by atoms with E-state index >= 15 is 0 Å². The normalized spacial score (nSPS) is 15.5. The lowest BCUT2D eigenvalue weighted by atomic mass is 9.97. The van der Waals surface area contributed by atoms with Crippen molar-refractivity contribution in [3.8, 4) is 0 Å². The van der Waals surface area contributed by atoms with Crippen LogP contribution in [0, 0.1) is 11.7 Å². The van der Waals surface area contributed by atoms with E-state index in [2.05, 4.69) is 15.6 Å². The van der Waals surface area contributed by atoms with E-state index in [-0.39, 0.29) is 35.9 Å². The number of ether oxygens (including phenoxy) is 1. The Morgan fingerprint density at radius 1 is 1.21 bits per heavy atom. The highest BCUT2D eigenvalue weighted by atomic mass is 127. The number of nitrogens with zero attached hydrogens (tertiary/aromatic N) is 2. The number of nitrogens with one attached hydrogen (secondary N) is 2. The van der Waals surface area contributed by atoms with Crippen molar-refractivity contribution in [2.75, 3.05) is 26.2 Å². The van der Waals surface area contributed by atoms with Crippen LogP contribution in [0.2, 0.25) is 0 Å². The molecule has 1 fully saturated rings. The standard InChI is InChI=1S/C21H33FN4O2.HI/c1-5-23-19(24-14-16-6-8-18(22)9-7-16)25-15-17-10-12-26(13-11-17)20(27)28-21(2,3)4;/h6-9,17H,5,10-15H2,1-4H3,(H2,23,24,25);1H. The summed E-state index contributed by atoms with van der Waals surface area (Å²) in [5.74, 6) is 0.991. The van der Waals surface area contributed by atoms with Crippen molar-refractivity contribution in [1.82, 2.24) is 15.5 Å². The van der Waals surface area contributed by atoms with E-state index in [1.807, 2.05) is 27.7 Å². The molecule has 0 atom stereocenters. The molecule has 1 aromatic carbocycles. The summed E-state index contributed by atoms with van der Waals surface area (Å²) in [5.41, 5.74) is 0.501. The van der Waals surface area contributed by atoms with Gasteiger partial charge in [0.15, 0.2) is 5.96 Å². The van der Waals surface area contributed by atoms with E-state index in [0.717, 1.165) is 37.5 Å². The average Bonchev–Trinajstić information content (AvgIpc) is 2.64. The highest BCUT2D eigenvalue weighted by Gasteiger charge is 2.26. The summed E-state index contributed by atoms with van der Waals surface area (Å²) in [4.78, 5) is 18.5. The van der Waals surface area contributed by atoms with Crippen LogP contribution in [0.15, 0.2) is 29.3 Å². The summed E-state index contributed by atoms with van der Waals surface area (Å²) >= 11 is 0. The fourth-order valence-electron chi connectivity index (χ4n) is 2.99. The van der Waals surface area contributed by atoms with Crippen molar-refractivity contribution in [3.63, 3.8) is 0 Å². The number of benzene rings is 1. The number of rotatable bonds is 5. The van der Waals surface area contributed by atoms with Gasteiger partial charge < -0.3 is 20.3 Å². The van der Waals surface area contributed by atoms with Gasteiger partial charge >= 0.3 is 6.09 Å². The Hall–Kier alpha value is -1.58. The lowest BCUT2D eigenvalue weighted by molar-refractivity contribution is 0.0185. The highest BCUT2D eigenvalue weighted by molar-refractivity contribution is 14.0. The lowest BCUT2D eigenvalue weighted by Gasteiger charge is -2.33. The van der Waals surface area contributed by atoms with Gasteiger partial charge in [-0.1, -0.05) is 12.1 Å². The van der Waals surface area contributed by atoms with Crippen LogP contribution in [0.25, 0.3) is 0 Å². The molecule has 6 nitrogen and oxygen atoms in total. The summed E-state index contributed by atoms with van der Waals surface area (Å²) in [6.07, 6.45) is 1.64. The summed E-state index contributed by atoms with van der Waals surface area (Å²) < 4.78 is 18.4. The monoisotopic (exact) mass is 520 g/mol. The van der Waals surface area contributed by atoms with E-state index in [4.69, 9.17) is 4.74 Å². The third-order valence-electron chi connectivity index (χ3n) is 4.50. The van der Waals surface area contributed by atoms with E-state index in [0.29, 0.717) is 25.6 Å². The van der Waals surface area contributed by atoms with Crippen molar-refractivity contribution in [2.45, 2.75) is 52.7 Å². The van der Waals surface area contributed by atoms with Gasteiger partial charge in [0.1, 0.15) is 11.4 Å². The number of hydrogen-bond donors (Lipinski definition) is 2. The Balaban J connectivity index is 0.00000420. The van der Waals surface area contributed by atoms with Crippen LogP contribution in [0.3, 0.4) is 0 Å². The molecular formula is C21H34FIN4O2. The summed E-state index contributed by atoms with van der Waals surface area (Å²) in [7, 11) is 0. The van der Waals surface area contributed by atoms with Crippen LogP contribution < -0.4 is 10.6 Å². The Bertz CT molecular complexity index is 654. The average molecular weight is 520 g/mol. The molecule has 1 saturated heterocycles. The van der Waals surface area contributed by atoms with Crippen LogP contribution in [0.1, 0.15) is 46.1 Å². The zero-order valence-corrected chi connectivity index (χ0v) is 20.2. The fraction of sp³-hybridized carbons (Fsp3) is 0.619. The minimum absolute atomic E-state index is 0. The molecule has 0 saturated carbocycles. The van der Waals surface area contributed by atoms with Gasteiger partial charge in [-0.3, -0.25) is 0 Å². The predicted octanol–water partition coefficient (Wildman–Crippen LogP) is 4.15. The number of amides is 1. The first-order chi connectivity index (χ1) is 13.3. The minimum atomic E-state index is -0.461. The topological polar surface area (TPSA) is 66.0 Å². The molecule has 1 aliphatic rings. The van der Waals surface area contributed by atoms with Gasteiger partial charge in [0, 0.05) is 26.2 Å². The first kappa shape index (κ1) is 25.5. The molecule has 0 spiro atoms. The summed E-state index contributed by atoms with van der Waals surface area (Å²) in [5, 5.41) is 6.62. The SMILES string of the molecule is CCNC(=NCc1ccc(F)cc1)NCC1CCN(C(=O)OC(C)(C)C)CC1.I. The summed E-state index contributed by atoms with van der Waals surface area (Å²) in [6.45, 7) is 11.2. The largest absolute Gasteiger partial charge is 0.444 e. The molecule has 0 unspecified atom stereocenters. The van der Waals surface area contributed by atoms with E-state index in [1.165, 1.54) is 12.1 Å². The van der Waals surface area contributed by atoms with E-state index < -0.39 is 5.60 Å². The molecule has 1 aromatic rings. The molecule has 29 heavy (non-hydrogen) atoms. The Morgan fingerprint density at radius 3 is 2.38 bits per heavy atom. The molecule has 0 radical (unpaired) electrons. The molecule has 1 amide bonds. The second-order valence-corrected chi connectivity index (χ2v) is 8.11. The van der Waals surface area contributed by atoms with Crippen LogP contribution in [0.4, 0.5) is 9.18 Å². The maximum absolute atomic E-state index is 13.0. The van der Waals surface area contributed by atoms with Crippen LogP contribution >= 0.6 is 24.0 Å². The second-order valence-electron chi connectivity index (χ2n) is 8.11. The number of halogens is 2. The van der Waals surface area contributed by atoms with E-state index in [1.54, 1.807) is 17.0 Å². The van der Waals surface area contributed by atoms with Gasteiger partial charge in [-0.2, -0.15) is 0 Å². The first-order valence-electron chi connectivity index (χ1n) is 10.0. The van der Waals surface area contributed by atoms with Crippen LogP contribution in [-0.2, 0) is 11.3 Å². The minimum Gasteiger partial charge on any atom is -0.444 e. The van der Waals surface area contributed by atoms with Crippen molar-refractivity contribution >= 4 is 36.0 Å². The number of likely N-dealkylation sites (tertiary alicyclic amines) is 1. The Morgan fingerprint density at radius 2 is 1.83 bits per heavy atom. The van der Waals surface area contributed by atoms with Crippen molar-refractivity contribution < 1.29 is 13.9 Å². The molecule has 0 bridgehead atoms. The molecule has 0 aliphatic carbocycles. The number of guanidine groups is 1. The van der Waals surface area contributed by atoms with E-state index in [9.17, 15) is 9.18 Å². The van der Waals surface area contributed by atoms with Gasteiger partial charge in [-0.15, -0.1) is 24.0 Å². The molecule has 0 aromatic heterocycles. The lowest BCUT2D eigenvalue weighted by Crippen LogP contribution is -2.45. The molecule has 2 rings (SSSR count). The van der Waals surface area contributed by atoms with Gasteiger partial charge in [0.05, 0.1) is 6.54 Å². The zero-order chi connectivity index (χ0) is 20.6. The molecule has 164 valence electrons. The Labute approximate surface area is 190 Å². The molecule has 2 N–H and O–H groups in total. The molecular weight excluding hydrogens is 486 g/mol. The fourth-order valence-corrected chi connectivity index (χ4v) is 2.99. The number of piperidine rings is 1. The number of carbonyl (C=O) groups excluding carboxylic acids is 1. The highest BCUT2D eigenvalue weighted by Crippen LogP contribution is 2.19. The van der Waals surface area contributed by atoms with Gasteiger partial charge in [0.2, 0.25) is 0 Å². The maximum atomic E-state index is 13.0. The van der Waals surface area contributed by atoms with Crippen LogP contribution in [-0.4, -0.2) is 48.7 Å². The molecule has 1 heterocycles. The smallest absolute Gasteiger partial charge is 0.410 e. The third-order valence-corrected chi connectivity index (χ3v) is 4.50. The molecule has 1 aliphatic heterocycles. The van der Waals surface area contributed by atoms with Gasteiger partial charge in [-0.25, -0.2) is 14.2 Å².